The molecule has 4 atom stereocenters. The van der Waals surface area contributed by atoms with Gasteiger partial charge in [0.15, 0.2) is 0 Å². The Hall–Kier alpha value is -1.35. The van der Waals surface area contributed by atoms with Gasteiger partial charge in [0.05, 0.1) is 7.11 Å². The highest BCUT2D eigenvalue weighted by Crippen LogP contribution is 2.39. The van der Waals surface area contributed by atoms with Crippen molar-refractivity contribution in [2.45, 2.75) is 49.6 Å². The van der Waals surface area contributed by atoms with Crippen molar-refractivity contribution in [1.29, 1.82) is 0 Å². The molecule has 3 fully saturated rings. The number of nitrogens with zero attached hydrogens (tertiary/aromatic N) is 1. The number of carbonyl (C=O) groups excluding carboxylic acids is 1. The fourth-order valence-corrected chi connectivity index (χ4v) is 6.47. The molecule has 3 saturated heterocycles. The summed E-state index contributed by atoms with van der Waals surface area (Å²) in [6, 6.07) is 5.24. The zero-order chi connectivity index (χ0) is 19.9. The van der Waals surface area contributed by atoms with Crippen LogP contribution in [0, 0.1) is 18.8 Å². The molecule has 7 nitrogen and oxygen atoms in total. The van der Waals surface area contributed by atoms with Crippen LogP contribution in [-0.2, 0) is 14.8 Å². The summed E-state index contributed by atoms with van der Waals surface area (Å²) in [7, 11) is -2.27. The van der Waals surface area contributed by atoms with Crippen LogP contribution in [0.25, 0.3) is 0 Å². The van der Waals surface area contributed by atoms with E-state index in [2.05, 4.69) is 10.0 Å². The van der Waals surface area contributed by atoms with E-state index in [1.54, 1.807) is 12.1 Å². The van der Waals surface area contributed by atoms with Crippen molar-refractivity contribution >= 4 is 28.3 Å². The highest BCUT2D eigenvalue weighted by atomic mass is 35.5. The second-order valence-corrected chi connectivity index (χ2v) is 9.98. The number of rotatable bonds is 5. The smallest absolute Gasteiger partial charge is 0.244 e. The van der Waals surface area contributed by atoms with Crippen molar-refractivity contribution in [2.24, 2.45) is 11.8 Å². The number of nitrogens with one attached hydrogen (secondary N) is 2. The monoisotopic (exact) mass is 443 g/mol. The van der Waals surface area contributed by atoms with Gasteiger partial charge in [-0.1, -0.05) is 6.07 Å². The molecule has 0 aromatic heterocycles. The van der Waals surface area contributed by atoms with Crippen LogP contribution in [-0.4, -0.2) is 58.1 Å². The quantitative estimate of drug-likeness (QED) is 0.723. The fourth-order valence-electron chi connectivity index (χ4n) is 5.16. The number of ether oxygens (including phenoxy) is 1. The third kappa shape index (κ3) is 4.26. The van der Waals surface area contributed by atoms with Gasteiger partial charge in [0, 0.05) is 25.0 Å². The molecule has 0 radical (unpaired) electrons. The topological polar surface area (TPSA) is 87.7 Å². The van der Waals surface area contributed by atoms with Gasteiger partial charge in [0.2, 0.25) is 15.9 Å². The second kappa shape index (κ2) is 8.79. The molecule has 1 aromatic rings. The van der Waals surface area contributed by atoms with E-state index in [0.29, 0.717) is 18.1 Å². The lowest BCUT2D eigenvalue weighted by molar-refractivity contribution is -0.148. The number of hydrogen-bond acceptors (Lipinski definition) is 5. The first-order chi connectivity index (χ1) is 13.4. The van der Waals surface area contributed by atoms with E-state index in [4.69, 9.17) is 4.74 Å². The van der Waals surface area contributed by atoms with Gasteiger partial charge in [0.25, 0.3) is 0 Å². The molecular weight excluding hydrogens is 414 g/mol. The molecule has 0 spiro atoms. The molecule has 0 aliphatic carbocycles. The lowest BCUT2D eigenvalue weighted by Gasteiger charge is -2.54. The zero-order valence-corrected chi connectivity index (χ0v) is 18.5. The SMILES string of the molecule is COc1ccc(C)cc1S(=O)(=O)NC[C@H]1[C@@H]2CNC[C@@H](C2)[C@@H]2CCCC(=O)N21.Cl. The lowest BCUT2D eigenvalue weighted by Crippen LogP contribution is -2.66. The van der Waals surface area contributed by atoms with E-state index in [9.17, 15) is 13.2 Å². The Kier molecular flexibility index (Phi) is 6.77. The third-order valence-corrected chi connectivity index (χ3v) is 7.94. The molecule has 162 valence electrons. The minimum Gasteiger partial charge on any atom is -0.495 e. The van der Waals surface area contributed by atoms with Gasteiger partial charge in [-0.05, 0) is 68.8 Å². The molecule has 3 aliphatic heterocycles. The van der Waals surface area contributed by atoms with Gasteiger partial charge in [-0.3, -0.25) is 4.79 Å². The summed E-state index contributed by atoms with van der Waals surface area (Å²) in [6.07, 6.45) is 3.57. The molecule has 29 heavy (non-hydrogen) atoms. The van der Waals surface area contributed by atoms with Crippen LogP contribution in [0.1, 0.15) is 31.2 Å². The summed E-state index contributed by atoms with van der Waals surface area (Å²) in [4.78, 5) is 14.9. The van der Waals surface area contributed by atoms with E-state index >= 15 is 0 Å². The number of hydrogen-bond donors (Lipinski definition) is 2. The number of methoxy groups -OCH3 is 1. The summed E-state index contributed by atoms with van der Waals surface area (Å²) in [5.41, 5.74) is 0.851. The molecule has 1 amide bonds. The highest BCUT2D eigenvalue weighted by Gasteiger charge is 2.47. The number of aryl methyl sites for hydroxylation is 1. The first-order valence-corrected chi connectivity index (χ1v) is 11.5. The minimum absolute atomic E-state index is 0. The number of fused-ring (bicyclic) bond motifs is 4. The van der Waals surface area contributed by atoms with Crippen LogP contribution in [0.4, 0.5) is 0 Å². The molecule has 2 bridgehead atoms. The average molecular weight is 444 g/mol. The van der Waals surface area contributed by atoms with Crippen molar-refractivity contribution in [2.75, 3.05) is 26.7 Å². The van der Waals surface area contributed by atoms with E-state index in [1.807, 2.05) is 17.9 Å². The van der Waals surface area contributed by atoms with E-state index in [1.165, 1.54) is 7.11 Å². The summed E-state index contributed by atoms with van der Waals surface area (Å²) >= 11 is 0. The number of amides is 1. The molecule has 0 unspecified atom stereocenters. The van der Waals surface area contributed by atoms with E-state index < -0.39 is 10.0 Å². The molecule has 1 aromatic carbocycles. The van der Waals surface area contributed by atoms with Crippen molar-refractivity contribution in [3.05, 3.63) is 23.8 Å². The number of halogens is 1. The molecular formula is C20H30ClN3O4S. The fraction of sp³-hybridized carbons (Fsp3) is 0.650. The Morgan fingerprint density at radius 1 is 1.28 bits per heavy atom. The number of piperidine rings is 3. The first kappa shape index (κ1) is 22.3. The normalized spacial score (nSPS) is 29.0. The summed E-state index contributed by atoms with van der Waals surface area (Å²) in [5.74, 6) is 1.25. The van der Waals surface area contributed by atoms with Gasteiger partial charge < -0.3 is 15.0 Å². The van der Waals surface area contributed by atoms with Crippen LogP contribution >= 0.6 is 12.4 Å². The number of benzene rings is 1. The molecule has 3 aliphatic rings. The summed E-state index contributed by atoms with van der Waals surface area (Å²) in [6.45, 7) is 3.86. The Labute approximate surface area is 179 Å². The van der Waals surface area contributed by atoms with Crippen molar-refractivity contribution in [3.63, 3.8) is 0 Å². The van der Waals surface area contributed by atoms with Crippen LogP contribution < -0.4 is 14.8 Å². The average Bonchev–Trinajstić information content (AvgIpc) is 2.68. The molecule has 9 heteroatoms. The number of carbonyl (C=O) groups is 1. The Morgan fingerprint density at radius 3 is 2.79 bits per heavy atom. The van der Waals surface area contributed by atoms with Crippen molar-refractivity contribution < 1.29 is 17.9 Å². The Balaban J connectivity index is 0.00000240. The van der Waals surface area contributed by atoms with Gasteiger partial charge >= 0.3 is 0 Å². The number of sulfonamides is 1. The third-order valence-electron chi connectivity index (χ3n) is 6.49. The minimum atomic E-state index is -3.74. The maximum absolute atomic E-state index is 13.0. The van der Waals surface area contributed by atoms with Gasteiger partial charge in [-0.2, -0.15) is 0 Å². The second-order valence-electron chi connectivity index (χ2n) is 8.25. The van der Waals surface area contributed by atoms with Crippen LogP contribution in [0.3, 0.4) is 0 Å². The van der Waals surface area contributed by atoms with Crippen LogP contribution in [0.2, 0.25) is 0 Å². The maximum atomic E-state index is 13.0. The molecule has 0 saturated carbocycles. The predicted molar refractivity (Wildman–Crippen MR) is 113 cm³/mol. The summed E-state index contributed by atoms with van der Waals surface area (Å²) in [5, 5.41) is 3.48. The molecule has 2 N–H and O–H groups in total. The van der Waals surface area contributed by atoms with Crippen LogP contribution in [0.5, 0.6) is 5.75 Å². The van der Waals surface area contributed by atoms with E-state index in [0.717, 1.165) is 37.9 Å². The Bertz CT molecular complexity index is 863. The molecule has 3 heterocycles. The maximum Gasteiger partial charge on any atom is 0.244 e. The highest BCUT2D eigenvalue weighted by molar-refractivity contribution is 7.89. The van der Waals surface area contributed by atoms with Gasteiger partial charge in [-0.15, -0.1) is 12.4 Å². The van der Waals surface area contributed by atoms with Crippen molar-refractivity contribution in [3.8, 4) is 5.75 Å². The largest absolute Gasteiger partial charge is 0.495 e. The summed E-state index contributed by atoms with van der Waals surface area (Å²) < 4.78 is 34.1. The van der Waals surface area contributed by atoms with Gasteiger partial charge in [-0.25, -0.2) is 13.1 Å². The van der Waals surface area contributed by atoms with E-state index in [-0.39, 0.29) is 47.8 Å². The first-order valence-electron chi connectivity index (χ1n) is 10.1. The molecule has 4 rings (SSSR count). The van der Waals surface area contributed by atoms with Gasteiger partial charge in [0.1, 0.15) is 10.6 Å². The van der Waals surface area contributed by atoms with Crippen LogP contribution in [0.15, 0.2) is 23.1 Å². The predicted octanol–water partition coefficient (Wildman–Crippen LogP) is 1.69. The lowest BCUT2D eigenvalue weighted by atomic mass is 9.72. The standard InChI is InChI=1S/C20H29N3O4S.ClH/c1-13-6-7-18(27-2)19(8-13)28(25,26)22-12-17-15-9-14(10-21-11-15)16-4-3-5-20(24)23(16)17;/h6-8,14-17,21-22H,3-5,9-12H2,1-2H3;1H/t14-,15+,16+,17+;/m1./s1. The zero-order valence-electron chi connectivity index (χ0n) is 16.9. The van der Waals surface area contributed by atoms with Crippen molar-refractivity contribution in [1.82, 2.24) is 14.9 Å². The Morgan fingerprint density at radius 2 is 2.03 bits per heavy atom.